The zero-order chi connectivity index (χ0) is 16.4. The van der Waals surface area contributed by atoms with Gasteiger partial charge in [0, 0.05) is 10.0 Å². The van der Waals surface area contributed by atoms with E-state index in [1.807, 2.05) is 6.07 Å². The molecule has 0 saturated heterocycles. The Morgan fingerprint density at radius 3 is 2.65 bits per heavy atom. The summed E-state index contributed by atoms with van der Waals surface area (Å²) >= 11 is 3.29. The van der Waals surface area contributed by atoms with Crippen LogP contribution in [0.25, 0.3) is 6.08 Å². The SMILES string of the molecule is O=C(/C=C/c1cc2c(cc1[N+](=O)[O-])OCO2)c1cccc(Br)c1. The second-order valence-electron chi connectivity index (χ2n) is 4.73. The molecule has 1 heterocycles. The first-order valence-corrected chi connectivity index (χ1v) is 7.40. The summed E-state index contributed by atoms with van der Waals surface area (Å²) in [7, 11) is 0. The van der Waals surface area contributed by atoms with E-state index in [0.29, 0.717) is 17.1 Å². The first kappa shape index (κ1) is 15.2. The number of allylic oxidation sites excluding steroid dienone is 1. The number of nitrogens with zero attached hydrogens (tertiary/aromatic N) is 1. The minimum atomic E-state index is -0.523. The van der Waals surface area contributed by atoms with Gasteiger partial charge in [-0.05, 0) is 30.4 Å². The predicted octanol–water partition coefficient (Wildman–Crippen LogP) is 3.98. The van der Waals surface area contributed by atoms with Crippen LogP contribution in [-0.4, -0.2) is 17.5 Å². The smallest absolute Gasteiger partial charge is 0.280 e. The highest BCUT2D eigenvalue weighted by Crippen LogP contribution is 2.38. The molecular weight excluding hydrogens is 366 g/mol. The second kappa shape index (κ2) is 6.21. The number of ketones is 1. The fourth-order valence-corrected chi connectivity index (χ4v) is 2.54. The maximum atomic E-state index is 12.2. The molecule has 0 saturated carbocycles. The van der Waals surface area contributed by atoms with Crippen LogP contribution in [0.4, 0.5) is 5.69 Å². The Labute approximate surface area is 139 Å². The highest BCUT2D eigenvalue weighted by atomic mass is 79.9. The lowest BCUT2D eigenvalue weighted by Crippen LogP contribution is -1.95. The lowest BCUT2D eigenvalue weighted by atomic mass is 10.1. The van der Waals surface area contributed by atoms with Crippen LogP contribution in [0, 0.1) is 10.1 Å². The van der Waals surface area contributed by atoms with Crippen molar-refractivity contribution in [3.05, 3.63) is 68.2 Å². The standard InChI is InChI=1S/C16H10BrNO5/c17-12-3-1-2-11(6-12)14(19)5-4-10-7-15-16(23-9-22-15)8-13(10)18(20)21/h1-8H,9H2/b5-4+. The minimum Gasteiger partial charge on any atom is -0.454 e. The molecule has 1 aliphatic rings. The summed E-state index contributed by atoms with van der Waals surface area (Å²) in [4.78, 5) is 22.8. The van der Waals surface area contributed by atoms with E-state index in [0.717, 1.165) is 4.47 Å². The van der Waals surface area contributed by atoms with Crippen molar-refractivity contribution >= 4 is 33.5 Å². The van der Waals surface area contributed by atoms with Crippen LogP contribution < -0.4 is 9.47 Å². The van der Waals surface area contributed by atoms with Crippen LogP contribution in [0.2, 0.25) is 0 Å². The van der Waals surface area contributed by atoms with Crippen LogP contribution >= 0.6 is 15.9 Å². The number of rotatable bonds is 4. The van der Waals surface area contributed by atoms with Gasteiger partial charge < -0.3 is 9.47 Å². The molecule has 116 valence electrons. The molecule has 2 aromatic rings. The summed E-state index contributed by atoms with van der Waals surface area (Å²) in [5, 5.41) is 11.2. The van der Waals surface area contributed by atoms with Crippen molar-refractivity contribution in [1.82, 2.24) is 0 Å². The lowest BCUT2D eigenvalue weighted by molar-refractivity contribution is -0.385. The molecule has 3 rings (SSSR count). The highest BCUT2D eigenvalue weighted by molar-refractivity contribution is 9.10. The Hall–Kier alpha value is -2.67. The molecule has 0 amide bonds. The molecule has 0 atom stereocenters. The van der Waals surface area contributed by atoms with E-state index in [2.05, 4.69) is 15.9 Å². The molecule has 0 fully saturated rings. The quantitative estimate of drug-likeness (QED) is 0.349. The third-order valence-corrected chi connectivity index (χ3v) is 3.74. The van der Waals surface area contributed by atoms with Crippen molar-refractivity contribution in [2.45, 2.75) is 0 Å². The third-order valence-electron chi connectivity index (χ3n) is 3.24. The Morgan fingerprint density at radius 1 is 1.22 bits per heavy atom. The Morgan fingerprint density at radius 2 is 1.96 bits per heavy atom. The van der Waals surface area contributed by atoms with E-state index < -0.39 is 4.92 Å². The van der Waals surface area contributed by atoms with Gasteiger partial charge in [0.25, 0.3) is 5.69 Å². The molecule has 0 unspecified atom stereocenters. The molecule has 1 aliphatic heterocycles. The molecule has 0 aromatic heterocycles. The zero-order valence-electron chi connectivity index (χ0n) is 11.7. The number of fused-ring (bicyclic) bond motifs is 1. The van der Waals surface area contributed by atoms with Gasteiger partial charge in [-0.25, -0.2) is 0 Å². The Balaban J connectivity index is 1.93. The number of hydrogen-bond donors (Lipinski definition) is 0. The summed E-state index contributed by atoms with van der Waals surface area (Å²) in [6.07, 6.45) is 2.70. The molecule has 0 bridgehead atoms. The number of nitro benzene ring substituents is 1. The van der Waals surface area contributed by atoms with E-state index in [9.17, 15) is 14.9 Å². The van der Waals surface area contributed by atoms with Gasteiger partial charge in [0.1, 0.15) is 0 Å². The van der Waals surface area contributed by atoms with Gasteiger partial charge in [0.2, 0.25) is 6.79 Å². The molecule has 6 nitrogen and oxygen atoms in total. The molecule has 2 aromatic carbocycles. The van der Waals surface area contributed by atoms with Gasteiger partial charge in [-0.2, -0.15) is 0 Å². The fraction of sp³-hybridized carbons (Fsp3) is 0.0625. The van der Waals surface area contributed by atoms with Crippen LogP contribution in [0.1, 0.15) is 15.9 Å². The number of ether oxygens (including phenoxy) is 2. The summed E-state index contributed by atoms with van der Waals surface area (Å²) in [5.74, 6) is 0.496. The number of hydrogen-bond acceptors (Lipinski definition) is 5. The van der Waals surface area contributed by atoms with Crippen molar-refractivity contribution in [3.63, 3.8) is 0 Å². The van der Waals surface area contributed by atoms with Crippen LogP contribution in [-0.2, 0) is 0 Å². The van der Waals surface area contributed by atoms with Crippen LogP contribution in [0.5, 0.6) is 11.5 Å². The topological polar surface area (TPSA) is 78.7 Å². The third kappa shape index (κ3) is 3.24. The summed E-state index contributed by atoms with van der Waals surface area (Å²) in [6.45, 7) is 0.0244. The van der Waals surface area contributed by atoms with Crippen molar-refractivity contribution in [1.29, 1.82) is 0 Å². The number of nitro groups is 1. The second-order valence-corrected chi connectivity index (χ2v) is 5.65. The molecule has 0 N–H and O–H groups in total. The predicted molar refractivity (Wildman–Crippen MR) is 86.7 cm³/mol. The molecule has 0 radical (unpaired) electrons. The summed E-state index contributed by atoms with van der Waals surface area (Å²) in [6, 6.07) is 9.69. The van der Waals surface area contributed by atoms with Crippen LogP contribution in [0.15, 0.2) is 46.9 Å². The molecule has 0 spiro atoms. The molecule has 23 heavy (non-hydrogen) atoms. The number of carbonyl (C=O) groups is 1. The Bertz CT molecular complexity index is 831. The number of benzene rings is 2. The highest BCUT2D eigenvalue weighted by Gasteiger charge is 2.22. The molecular formula is C16H10BrNO5. The minimum absolute atomic E-state index is 0.0244. The van der Waals surface area contributed by atoms with Gasteiger partial charge in [-0.1, -0.05) is 28.1 Å². The normalized spacial score (nSPS) is 12.6. The van der Waals surface area contributed by atoms with E-state index >= 15 is 0 Å². The van der Waals surface area contributed by atoms with E-state index in [4.69, 9.17) is 9.47 Å². The van der Waals surface area contributed by atoms with E-state index in [-0.39, 0.29) is 23.8 Å². The average Bonchev–Trinajstić information content (AvgIpc) is 2.98. The Kier molecular flexibility index (Phi) is 4.12. The van der Waals surface area contributed by atoms with E-state index in [1.54, 1.807) is 18.2 Å². The average molecular weight is 376 g/mol. The van der Waals surface area contributed by atoms with Crippen LogP contribution in [0.3, 0.4) is 0 Å². The maximum Gasteiger partial charge on any atom is 0.280 e. The van der Waals surface area contributed by atoms with Gasteiger partial charge in [-0.15, -0.1) is 0 Å². The first-order chi connectivity index (χ1) is 11.0. The monoisotopic (exact) mass is 375 g/mol. The first-order valence-electron chi connectivity index (χ1n) is 6.60. The lowest BCUT2D eigenvalue weighted by Gasteiger charge is -2.01. The molecule has 7 heteroatoms. The van der Waals surface area contributed by atoms with Crippen molar-refractivity contribution in [3.8, 4) is 11.5 Å². The zero-order valence-corrected chi connectivity index (χ0v) is 13.3. The van der Waals surface area contributed by atoms with E-state index in [1.165, 1.54) is 24.3 Å². The van der Waals surface area contributed by atoms with Gasteiger partial charge in [0.05, 0.1) is 16.6 Å². The largest absolute Gasteiger partial charge is 0.454 e. The van der Waals surface area contributed by atoms with Gasteiger partial charge in [-0.3, -0.25) is 14.9 Å². The number of carbonyl (C=O) groups excluding carboxylic acids is 1. The van der Waals surface area contributed by atoms with Crippen molar-refractivity contribution in [2.75, 3.05) is 6.79 Å². The summed E-state index contributed by atoms with van der Waals surface area (Å²) in [5.41, 5.74) is 0.620. The fourth-order valence-electron chi connectivity index (χ4n) is 2.14. The van der Waals surface area contributed by atoms with Gasteiger partial charge >= 0.3 is 0 Å². The maximum absolute atomic E-state index is 12.2. The number of halogens is 1. The van der Waals surface area contributed by atoms with Gasteiger partial charge in [0.15, 0.2) is 17.3 Å². The summed E-state index contributed by atoms with van der Waals surface area (Å²) < 4.78 is 11.1. The van der Waals surface area contributed by atoms with Crippen molar-refractivity contribution < 1.29 is 19.2 Å². The van der Waals surface area contributed by atoms with Crippen molar-refractivity contribution in [2.24, 2.45) is 0 Å². The molecule has 0 aliphatic carbocycles.